The number of methoxy groups -OCH3 is 1. The van der Waals surface area contributed by atoms with E-state index in [1.165, 1.54) is 17.3 Å². The van der Waals surface area contributed by atoms with Gasteiger partial charge in [-0.3, -0.25) is 0 Å². The molecule has 160 valence electrons. The van der Waals surface area contributed by atoms with Gasteiger partial charge in [-0.05, 0) is 35.9 Å². The molecule has 2 heterocycles. The molecule has 0 bridgehead atoms. The van der Waals surface area contributed by atoms with Crippen LogP contribution < -0.4 is 4.74 Å². The van der Waals surface area contributed by atoms with Gasteiger partial charge in [-0.2, -0.15) is 0 Å². The van der Waals surface area contributed by atoms with Crippen molar-refractivity contribution in [2.24, 2.45) is 0 Å². The highest BCUT2D eigenvalue weighted by Crippen LogP contribution is 2.32. The fourth-order valence-corrected chi connectivity index (χ4v) is 4.41. The molecular weight excluding hydrogens is 444 g/mol. The maximum atomic E-state index is 6.20. The Morgan fingerprint density at radius 1 is 1.00 bits per heavy atom. The summed E-state index contributed by atoms with van der Waals surface area (Å²) in [5.74, 6) is 2.60. The van der Waals surface area contributed by atoms with Gasteiger partial charge in [-0.15, -0.1) is 10.2 Å². The number of ether oxygens (including phenoxy) is 1. The quantitative estimate of drug-likeness (QED) is 0.273. The molecule has 5 rings (SSSR count). The average molecular weight is 463 g/mol. The lowest BCUT2D eigenvalue weighted by molar-refractivity contribution is 0.411. The number of rotatable bonds is 7. The van der Waals surface area contributed by atoms with Crippen molar-refractivity contribution in [2.75, 3.05) is 7.11 Å². The molecule has 8 heteroatoms. The molecule has 0 radical (unpaired) electrons. The largest absolute Gasteiger partial charge is 0.496 e. The third-order valence-electron chi connectivity index (χ3n) is 5.04. The first-order valence-electron chi connectivity index (χ1n) is 9.99. The normalized spacial score (nSPS) is 11.2. The number of aromatic nitrogens is 4. The van der Waals surface area contributed by atoms with Crippen LogP contribution in [-0.2, 0) is 12.3 Å². The number of nitrogens with zero attached hydrogens (tertiary/aromatic N) is 4. The van der Waals surface area contributed by atoms with Crippen LogP contribution in [0.1, 0.15) is 11.4 Å². The van der Waals surface area contributed by atoms with E-state index in [4.69, 9.17) is 25.7 Å². The van der Waals surface area contributed by atoms with Crippen molar-refractivity contribution in [1.82, 2.24) is 19.7 Å². The summed E-state index contributed by atoms with van der Waals surface area (Å²) in [6.07, 6.45) is 0. The molecule has 0 fully saturated rings. The number of para-hydroxylation sites is 1. The smallest absolute Gasteiger partial charge is 0.277 e. The predicted molar refractivity (Wildman–Crippen MR) is 126 cm³/mol. The minimum Gasteiger partial charge on any atom is -0.496 e. The molecule has 0 atom stereocenters. The monoisotopic (exact) mass is 462 g/mol. The van der Waals surface area contributed by atoms with Gasteiger partial charge < -0.3 is 13.7 Å². The molecule has 0 aliphatic carbocycles. The SMILES string of the molecule is COc1ccccc1-c1nnc(SCc2nc3cc(Cl)ccc3n2Cc2ccccc2)o1. The maximum absolute atomic E-state index is 6.20. The van der Waals surface area contributed by atoms with Gasteiger partial charge in [0, 0.05) is 11.6 Å². The zero-order valence-electron chi connectivity index (χ0n) is 17.2. The number of fused-ring (bicyclic) bond motifs is 1. The lowest BCUT2D eigenvalue weighted by Crippen LogP contribution is -2.04. The lowest BCUT2D eigenvalue weighted by Gasteiger charge is -2.09. The van der Waals surface area contributed by atoms with Gasteiger partial charge in [0.2, 0.25) is 0 Å². The number of hydrogen-bond donors (Lipinski definition) is 0. The van der Waals surface area contributed by atoms with E-state index in [0.717, 1.165) is 22.4 Å². The Hall–Kier alpha value is -3.29. The van der Waals surface area contributed by atoms with Crippen molar-refractivity contribution < 1.29 is 9.15 Å². The number of hydrogen-bond acceptors (Lipinski definition) is 6. The topological polar surface area (TPSA) is 66.0 Å². The van der Waals surface area contributed by atoms with E-state index >= 15 is 0 Å². The molecule has 2 aromatic heterocycles. The Labute approximate surface area is 194 Å². The summed E-state index contributed by atoms with van der Waals surface area (Å²) in [6.45, 7) is 0.713. The molecule has 0 aliphatic rings. The predicted octanol–water partition coefficient (Wildman–Crippen LogP) is 6.09. The zero-order chi connectivity index (χ0) is 21.9. The molecule has 0 saturated carbocycles. The highest BCUT2D eigenvalue weighted by atomic mass is 35.5. The number of imidazole rings is 1. The fraction of sp³-hybridized carbons (Fsp3) is 0.125. The van der Waals surface area contributed by atoms with Crippen LogP contribution in [0.25, 0.3) is 22.5 Å². The van der Waals surface area contributed by atoms with Crippen LogP contribution in [0.5, 0.6) is 5.75 Å². The third-order valence-corrected chi connectivity index (χ3v) is 6.09. The van der Waals surface area contributed by atoms with Crippen LogP contribution in [0.2, 0.25) is 5.02 Å². The highest BCUT2D eigenvalue weighted by Gasteiger charge is 2.16. The van der Waals surface area contributed by atoms with Gasteiger partial charge in [0.05, 0.1) is 29.5 Å². The van der Waals surface area contributed by atoms with Crippen molar-refractivity contribution in [2.45, 2.75) is 17.5 Å². The lowest BCUT2D eigenvalue weighted by atomic mass is 10.2. The molecule has 3 aromatic carbocycles. The second kappa shape index (κ2) is 9.06. The Bertz CT molecular complexity index is 1370. The highest BCUT2D eigenvalue weighted by molar-refractivity contribution is 7.98. The molecule has 0 spiro atoms. The summed E-state index contributed by atoms with van der Waals surface area (Å²) in [5.41, 5.74) is 3.86. The number of benzene rings is 3. The molecule has 0 N–H and O–H groups in total. The molecule has 0 aliphatic heterocycles. The molecule has 5 aromatic rings. The van der Waals surface area contributed by atoms with E-state index in [2.05, 4.69) is 26.9 Å². The summed E-state index contributed by atoms with van der Waals surface area (Å²) in [7, 11) is 1.62. The summed E-state index contributed by atoms with van der Waals surface area (Å²) < 4.78 is 13.5. The van der Waals surface area contributed by atoms with E-state index in [1.807, 2.05) is 60.7 Å². The molecular formula is C24H19ClN4O2S. The second-order valence-electron chi connectivity index (χ2n) is 7.09. The Kier molecular flexibility index (Phi) is 5.83. The van der Waals surface area contributed by atoms with Crippen LogP contribution in [0.4, 0.5) is 0 Å². The minimum atomic E-state index is 0.425. The van der Waals surface area contributed by atoms with E-state index in [0.29, 0.717) is 34.2 Å². The van der Waals surface area contributed by atoms with Crippen LogP contribution in [0.3, 0.4) is 0 Å². The third kappa shape index (κ3) is 4.22. The van der Waals surface area contributed by atoms with Crippen LogP contribution in [0, 0.1) is 0 Å². The first-order chi connectivity index (χ1) is 15.7. The van der Waals surface area contributed by atoms with Gasteiger partial charge in [-0.1, -0.05) is 65.8 Å². The van der Waals surface area contributed by atoms with Crippen molar-refractivity contribution in [3.05, 3.63) is 89.2 Å². The first kappa shape index (κ1) is 20.6. The number of halogens is 1. The Morgan fingerprint density at radius 3 is 2.66 bits per heavy atom. The van der Waals surface area contributed by atoms with Crippen LogP contribution in [0.15, 0.2) is 82.4 Å². The van der Waals surface area contributed by atoms with E-state index in [1.54, 1.807) is 7.11 Å². The van der Waals surface area contributed by atoms with Crippen molar-refractivity contribution in [3.63, 3.8) is 0 Å². The van der Waals surface area contributed by atoms with Gasteiger partial charge in [0.15, 0.2) is 0 Å². The van der Waals surface area contributed by atoms with Crippen molar-refractivity contribution in [3.8, 4) is 17.2 Å². The first-order valence-corrected chi connectivity index (χ1v) is 11.4. The average Bonchev–Trinajstić information content (AvgIpc) is 3.43. The zero-order valence-corrected chi connectivity index (χ0v) is 18.8. The minimum absolute atomic E-state index is 0.425. The standard InChI is InChI=1S/C24H19ClN4O2S/c1-30-21-10-6-5-9-18(21)23-27-28-24(31-23)32-15-22-26-19-13-17(25)11-12-20(19)29(22)14-16-7-3-2-4-8-16/h2-13H,14-15H2,1H3. The van der Waals surface area contributed by atoms with Crippen molar-refractivity contribution in [1.29, 1.82) is 0 Å². The van der Waals surface area contributed by atoms with Gasteiger partial charge in [0.25, 0.3) is 11.1 Å². The van der Waals surface area contributed by atoms with Gasteiger partial charge in [0.1, 0.15) is 11.6 Å². The second-order valence-corrected chi connectivity index (χ2v) is 8.46. The summed E-state index contributed by atoms with van der Waals surface area (Å²) >= 11 is 7.65. The summed E-state index contributed by atoms with van der Waals surface area (Å²) in [6, 6.07) is 23.7. The molecule has 6 nitrogen and oxygen atoms in total. The Balaban J connectivity index is 1.42. The fourth-order valence-electron chi connectivity index (χ4n) is 3.53. The maximum Gasteiger partial charge on any atom is 0.277 e. The van der Waals surface area contributed by atoms with E-state index < -0.39 is 0 Å². The molecule has 0 unspecified atom stereocenters. The molecule has 32 heavy (non-hydrogen) atoms. The summed E-state index contributed by atoms with van der Waals surface area (Å²) in [5, 5.41) is 9.53. The summed E-state index contributed by atoms with van der Waals surface area (Å²) in [4.78, 5) is 4.82. The van der Waals surface area contributed by atoms with Crippen molar-refractivity contribution >= 4 is 34.4 Å². The van der Waals surface area contributed by atoms with E-state index in [9.17, 15) is 0 Å². The molecule has 0 saturated heterocycles. The van der Waals surface area contributed by atoms with Gasteiger partial charge >= 0.3 is 0 Å². The van der Waals surface area contributed by atoms with E-state index in [-0.39, 0.29) is 0 Å². The van der Waals surface area contributed by atoms with Crippen LogP contribution >= 0.6 is 23.4 Å². The Morgan fingerprint density at radius 2 is 1.81 bits per heavy atom. The van der Waals surface area contributed by atoms with Gasteiger partial charge in [-0.25, -0.2) is 4.98 Å². The molecule has 0 amide bonds. The number of thioether (sulfide) groups is 1. The van der Waals surface area contributed by atoms with Crippen LogP contribution in [-0.4, -0.2) is 26.9 Å².